The second kappa shape index (κ2) is 3.77. The van der Waals surface area contributed by atoms with Crippen LogP contribution in [0.5, 0.6) is 0 Å². The summed E-state index contributed by atoms with van der Waals surface area (Å²) in [6.07, 6.45) is 0.474. The van der Waals surface area contributed by atoms with E-state index in [1.807, 2.05) is 13.8 Å². The van der Waals surface area contributed by atoms with Crippen LogP contribution in [0.2, 0.25) is 0 Å². The zero-order chi connectivity index (χ0) is 10.9. The molecule has 0 aromatic heterocycles. The van der Waals surface area contributed by atoms with Crippen LogP contribution in [0, 0.1) is 11.8 Å². The average Bonchev–Trinajstić information content (AvgIpc) is 2.09. The van der Waals surface area contributed by atoms with Gasteiger partial charge in [0.15, 0.2) is 0 Å². The third-order valence-corrected chi connectivity index (χ3v) is 2.19. The number of carbonyl (C=O) groups is 3. The van der Waals surface area contributed by atoms with E-state index in [0.29, 0.717) is 6.42 Å². The quantitative estimate of drug-likeness (QED) is 0.651. The van der Waals surface area contributed by atoms with E-state index in [-0.39, 0.29) is 5.92 Å². The van der Waals surface area contributed by atoms with Crippen molar-refractivity contribution in [2.75, 3.05) is 7.05 Å². The van der Waals surface area contributed by atoms with E-state index in [1.165, 1.54) is 7.05 Å². The molecule has 1 aliphatic rings. The van der Waals surface area contributed by atoms with Gasteiger partial charge in [0.1, 0.15) is 5.92 Å². The summed E-state index contributed by atoms with van der Waals surface area (Å²) in [7, 11) is 1.37. The van der Waals surface area contributed by atoms with Crippen molar-refractivity contribution in [2.45, 2.75) is 20.3 Å². The van der Waals surface area contributed by atoms with Gasteiger partial charge in [-0.05, 0) is 12.3 Å². The number of barbiturate groups is 1. The summed E-state index contributed by atoms with van der Waals surface area (Å²) < 4.78 is 0. The van der Waals surface area contributed by atoms with Crippen molar-refractivity contribution in [3.63, 3.8) is 0 Å². The maximum atomic E-state index is 11.5. The van der Waals surface area contributed by atoms with E-state index < -0.39 is 23.8 Å². The third-order valence-electron chi connectivity index (χ3n) is 2.19. The van der Waals surface area contributed by atoms with Crippen LogP contribution in [-0.4, -0.2) is 29.8 Å². The number of nitrogens with one attached hydrogen (secondary N) is 1. The molecule has 4 amide bonds. The van der Waals surface area contributed by atoms with E-state index >= 15 is 0 Å². The summed E-state index contributed by atoms with van der Waals surface area (Å²) in [5.41, 5.74) is 0. The summed E-state index contributed by atoms with van der Waals surface area (Å²) in [4.78, 5) is 34.8. The van der Waals surface area contributed by atoms with Crippen molar-refractivity contribution in [2.24, 2.45) is 11.8 Å². The molecule has 0 radical (unpaired) electrons. The van der Waals surface area contributed by atoms with Gasteiger partial charge in [-0.2, -0.15) is 0 Å². The lowest BCUT2D eigenvalue weighted by Gasteiger charge is -2.27. The fourth-order valence-electron chi connectivity index (χ4n) is 1.40. The Morgan fingerprint density at radius 2 is 1.93 bits per heavy atom. The van der Waals surface area contributed by atoms with Crippen molar-refractivity contribution in [3.05, 3.63) is 0 Å². The van der Waals surface area contributed by atoms with Gasteiger partial charge in [0.2, 0.25) is 11.8 Å². The second-order valence-electron chi connectivity index (χ2n) is 3.87. The van der Waals surface area contributed by atoms with Gasteiger partial charge in [-0.1, -0.05) is 13.8 Å². The SMILES string of the molecule is CC(C)C[C@H]1C(=O)NC(=O)N(C)C1=O. The summed E-state index contributed by atoms with van der Waals surface area (Å²) in [5.74, 6) is -1.35. The highest BCUT2D eigenvalue weighted by molar-refractivity contribution is 6.15. The van der Waals surface area contributed by atoms with Crippen LogP contribution in [0.4, 0.5) is 4.79 Å². The molecule has 5 nitrogen and oxygen atoms in total. The van der Waals surface area contributed by atoms with E-state index in [2.05, 4.69) is 5.32 Å². The summed E-state index contributed by atoms with van der Waals surface area (Å²) >= 11 is 0. The molecule has 1 N–H and O–H groups in total. The number of carbonyl (C=O) groups excluding carboxylic acids is 3. The molecule has 0 aromatic rings. The number of imide groups is 2. The molecule has 1 rings (SSSR count). The highest BCUT2D eigenvalue weighted by Gasteiger charge is 2.38. The maximum Gasteiger partial charge on any atom is 0.330 e. The number of hydrogen-bond acceptors (Lipinski definition) is 3. The molecule has 1 fully saturated rings. The molecule has 1 atom stereocenters. The first-order valence-electron chi connectivity index (χ1n) is 4.56. The lowest BCUT2D eigenvalue weighted by atomic mass is 9.94. The van der Waals surface area contributed by atoms with Gasteiger partial charge in [-0.15, -0.1) is 0 Å². The largest absolute Gasteiger partial charge is 0.330 e. The predicted octanol–water partition coefficient (Wildman–Crippen LogP) is 0.357. The Balaban J connectivity index is 2.79. The van der Waals surface area contributed by atoms with Crippen molar-refractivity contribution in [3.8, 4) is 0 Å². The van der Waals surface area contributed by atoms with Gasteiger partial charge >= 0.3 is 6.03 Å². The maximum absolute atomic E-state index is 11.5. The summed E-state index contributed by atoms with van der Waals surface area (Å²) in [5, 5.41) is 2.14. The minimum atomic E-state index is -0.710. The fourth-order valence-corrected chi connectivity index (χ4v) is 1.40. The van der Waals surface area contributed by atoms with Gasteiger partial charge in [0, 0.05) is 7.05 Å². The van der Waals surface area contributed by atoms with Crippen LogP contribution >= 0.6 is 0 Å². The first-order chi connectivity index (χ1) is 6.43. The van der Waals surface area contributed by atoms with Gasteiger partial charge in [0.05, 0.1) is 0 Å². The Labute approximate surface area is 82.4 Å². The smallest absolute Gasteiger partial charge is 0.277 e. The lowest BCUT2D eigenvalue weighted by molar-refractivity contribution is -0.142. The molecule has 0 aliphatic carbocycles. The molecule has 1 aliphatic heterocycles. The highest BCUT2D eigenvalue weighted by Crippen LogP contribution is 2.17. The molecule has 5 heteroatoms. The molecule has 0 saturated carbocycles. The average molecular weight is 198 g/mol. The minimum absolute atomic E-state index is 0.247. The van der Waals surface area contributed by atoms with Gasteiger partial charge in [-0.3, -0.25) is 19.8 Å². The molecule has 14 heavy (non-hydrogen) atoms. The Bertz CT molecular complexity index is 286. The molecule has 0 aromatic carbocycles. The van der Waals surface area contributed by atoms with Gasteiger partial charge in [0.25, 0.3) is 0 Å². The van der Waals surface area contributed by atoms with E-state index in [1.54, 1.807) is 0 Å². The van der Waals surface area contributed by atoms with Crippen molar-refractivity contribution >= 4 is 17.8 Å². The van der Waals surface area contributed by atoms with Crippen LogP contribution in [0.1, 0.15) is 20.3 Å². The van der Waals surface area contributed by atoms with Crippen molar-refractivity contribution in [1.29, 1.82) is 0 Å². The predicted molar refractivity (Wildman–Crippen MR) is 49.3 cm³/mol. The monoisotopic (exact) mass is 198 g/mol. The minimum Gasteiger partial charge on any atom is -0.277 e. The lowest BCUT2D eigenvalue weighted by Crippen LogP contribution is -2.56. The Morgan fingerprint density at radius 1 is 1.36 bits per heavy atom. The number of nitrogens with zero attached hydrogens (tertiary/aromatic N) is 1. The Hall–Kier alpha value is -1.39. The highest BCUT2D eigenvalue weighted by atomic mass is 16.2. The normalized spacial score (nSPS) is 23.0. The molecule has 1 saturated heterocycles. The Morgan fingerprint density at radius 3 is 2.43 bits per heavy atom. The Kier molecular flexibility index (Phi) is 2.88. The van der Waals surface area contributed by atoms with Crippen molar-refractivity contribution in [1.82, 2.24) is 10.2 Å². The van der Waals surface area contributed by atoms with Crippen LogP contribution in [0.25, 0.3) is 0 Å². The standard InChI is InChI=1S/C9H14N2O3/c1-5(2)4-6-7(12)10-9(14)11(3)8(6)13/h5-6H,4H2,1-3H3,(H,10,12,14)/t6-/m0/s1. The van der Waals surface area contributed by atoms with Crippen LogP contribution in [0.15, 0.2) is 0 Å². The molecule has 0 spiro atoms. The first kappa shape index (κ1) is 10.7. The number of hydrogen-bond donors (Lipinski definition) is 1. The molecular formula is C9H14N2O3. The van der Waals surface area contributed by atoms with Gasteiger partial charge < -0.3 is 0 Å². The zero-order valence-corrected chi connectivity index (χ0v) is 8.53. The topological polar surface area (TPSA) is 66.5 Å². The third kappa shape index (κ3) is 1.92. The molecule has 78 valence electrons. The number of rotatable bonds is 2. The fraction of sp³-hybridized carbons (Fsp3) is 0.667. The molecule has 0 unspecified atom stereocenters. The van der Waals surface area contributed by atoms with Crippen LogP contribution in [-0.2, 0) is 9.59 Å². The van der Waals surface area contributed by atoms with E-state index in [9.17, 15) is 14.4 Å². The molecule has 1 heterocycles. The number of urea groups is 1. The molecular weight excluding hydrogens is 184 g/mol. The van der Waals surface area contributed by atoms with Crippen molar-refractivity contribution < 1.29 is 14.4 Å². The summed E-state index contributed by atoms with van der Waals surface area (Å²) in [6, 6.07) is -0.639. The summed E-state index contributed by atoms with van der Waals surface area (Å²) in [6.45, 7) is 3.86. The van der Waals surface area contributed by atoms with Gasteiger partial charge in [-0.25, -0.2) is 4.79 Å². The number of amides is 4. The molecule has 0 bridgehead atoms. The van der Waals surface area contributed by atoms with E-state index in [4.69, 9.17) is 0 Å². The van der Waals surface area contributed by atoms with E-state index in [0.717, 1.165) is 4.90 Å². The van der Waals surface area contributed by atoms with Crippen LogP contribution in [0.3, 0.4) is 0 Å². The second-order valence-corrected chi connectivity index (χ2v) is 3.87. The first-order valence-corrected chi connectivity index (χ1v) is 4.56. The van der Waals surface area contributed by atoms with Crippen LogP contribution < -0.4 is 5.32 Å². The zero-order valence-electron chi connectivity index (χ0n) is 8.53.